The van der Waals surface area contributed by atoms with Gasteiger partial charge in [0.2, 0.25) is 0 Å². The van der Waals surface area contributed by atoms with Gasteiger partial charge in [0, 0.05) is 12.6 Å². The van der Waals surface area contributed by atoms with Gasteiger partial charge in [-0.1, -0.05) is 40.5 Å². The molecule has 16 heavy (non-hydrogen) atoms. The van der Waals surface area contributed by atoms with Crippen LogP contribution < -0.4 is 5.32 Å². The third kappa shape index (κ3) is 4.84. The van der Waals surface area contributed by atoms with Gasteiger partial charge < -0.3 is 10.1 Å². The summed E-state index contributed by atoms with van der Waals surface area (Å²) in [4.78, 5) is 0. The zero-order valence-electron chi connectivity index (χ0n) is 11.5. The Kier molecular flexibility index (Phi) is 6.37. The first-order chi connectivity index (χ1) is 7.63. The van der Waals surface area contributed by atoms with Crippen molar-refractivity contribution in [3.05, 3.63) is 0 Å². The van der Waals surface area contributed by atoms with E-state index in [0.29, 0.717) is 18.2 Å². The average molecular weight is 227 g/mol. The molecular weight excluding hydrogens is 198 g/mol. The Morgan fingerprint density at radius 3 is 2.50 bits per heavy atom. The minimum atomic E-state index is 0.396. The van der Waals surface area contributed by atoms with Gasteiger partial charge >= 0.3 is 0 Å². The fourth-order valence-corrected chi connectivity index (χ4v) is 2.39. The maximum Gasteiger partial charge on any atom is 0.0700 e. The molecule has 0 aliphatic heterocycles. The SMILES string of the molecule is CCC(CNC(C)C)OC1CCCCC1C. The highest BCUT2D eigenvalue weighted by atomic mass is 16.5. The molecule has 0 aromatic rings. The van der Waals surface area contributed by atoms with E-state index in [0.717, 1.165) is 18.9 Å². The normalized spacial score (nSPS) is 28.3. The summed E-state index contributed by atoms with van der Waals surface area (Å²) in [6, 6.07) is 0.557. The summed E-state index contributed by atoms with van der Waals surface area (Å²) in [5.41, 5.74) is 0. The first kappa shape index (κ1) is 14.0. The maximum absolute atomic E-state index is 6.24. The van der Waals surface area contributed by atoms with Gasteiger partial charge in [-0.15, -0.1) is 0 Å². The smallest absolute Gasteiger partial charge is 0.0700 e. The minimum Gasteiger partial charge on any atom is -0.373 e. The highest BCUT2D eigenvalue weighted by Gasteiger charge is 2.24. The Bertz CT molecular complexity index is 182. The summed E-state index contributed by atoms with van der Waals surface area (Å²) >= 11 is 0. The zero-order chi connectivity index (χ0) is 12.0. The van der Waals surface area contributed by atoms with Gasteiger partial charge in [-0.05, 0) is 25.2 Å². The summed E-state index contributed by atoms with van der Waals surface area (Å²) in [5.74, 6) is 0.752. The predicted octanol–water partition coefficient (Wildman–Crippen LogP) is 3.36. The molecule has 96 valence electrons. The molecule has 1 aliphatic rings. The molecule has 0 spiro atoms. The lowest BCUT2D eigenvalue weighted by Crippen LogP contribution is -2.38. The van der Waals surface area contributed by atoms with Crippen molar-refractivity contribution in [1.29, 1.82) is 0 Å². The van der Waals surface area contributed by atoms with Crippen LogP contribution in [0.5, 0.6) is 0 Å². The van der Waals surface area contributed by atoms with E-state index in [4.69, 9.17) is 4.74 Å². The molecule has 3 unspecified atom stereocenters. The van der Waals surface area contributed by atoms with E-state index in [1.807, 2.05) is 0 Å². The lowest BCUT2D eigenvalue weighted by Gasteiger charge is -2.32. The Hall–Kier alpha value is -0.0800. The number of nitrogens with one attached hydrogen (secondary N) is 1. The molecule has 0 radical (unpaired) electrons. The molecule has 1 saturated carbocycles. The summed E-state index contributed by atoms with van der Waals surface area (Å²) in [7, 11) is 0. The van der Waals surface area contributed by atoms with Gasteiger partial charge in [-0.2, -0.15) is 0 Å². The van der Waals surface area contributed by atoms with Crippen molar-refractivity contribution in [2.45, 2.75) is 78.0 Å². The Labute approximate surface area is 101 Å². The molecule has 0 saturated heterocycles. The van der Waals surface area contributed by atoms with Gasteiger partial charge in [0.15, 0.2) is 0 Å². The fourth-order valence-electron chi connectivity index (χ4n) is 2.39. The molecule has 2 heteroatoms. The lowest BCUT2D eigenvalue weighted by molar-refractivity contribution is -0.0561. The summed E-state index contributed by atoms with van der Waals surface area (Å²) in [5, 5.41) is 3.48. The largest absolute Gasteiger partial charge is 0.373 e. The fraction of sp³-hybridized carbons (Fsp3) is 1.00. The Morgan fingerprint density at radius 2 is 1.94 bits per heavy atom. The molecule has 1 aliphatic carbocycles. The molecule has 0 bridgehead atoms. The number of hydrogen-bond acceptors (Lipinski definition) is 2. The molecule has 1 rings (SSSR count). The van der Waals surface area contributed by atoms with E-state index < -0.39 is 0 Å². The van der Waals surface area contributed by atoms with Crippen LogP contribution in [0.2, 0.25) is 0 Å². The van der Waals surface area contributed by atoms with Crippen LogP contribution >= 0.6 is 0 Å². The van der Waals surface area contributed by atoms with Crippen molar-refractivity contribution < 1.29 is 4.74 Å². The molecule has 2 nitrogen and oxygen atoms in total. The highest BCUT2D eigenvalue weighted by molar-refractivity contribution is 4.75. The summed E-state index contributed by atoms with van der Waals surface area (Å²) in [6.07, 6.45) is 7.37. The van der Waals surface area contributed by atoms with Crippen molar-refractivity contribution >= 4 is 0 Å². The molecular formula is C14H29NO. The second-order valence-corrected chi connectivity index (χ2v) is 5.53. The van der Waals surface area contributed by atoms with Crippen molar-refractivity contribution in [2.24, 2.45) is 5.92 Å². The van der Waals surface area contributed by atoms with Crippen LogP contribution in [0.25, 0.3) is 0 Å². The first-order valence-corrected chi connectivity index (χ1v) is 7.02. The van der Waals surface area contributed by atoms with Crippen LogP contribution in [0.4, 0.5) is 0 Å². The predicted molar refractivity (Wildman–Crippen MR) is 69.7 cm³/mol. The molecule has 3 atom stereocenters. The van der Waals surface area contributed by atoms with E-state index in [-0.39, 0.29) is 0 Å². The summed E-state index contributed by atoms with van der Waals surface area (Å²) < 4.78 is 6.24. The lowest BCUT2D eigenvalue weighted by atomic mass is 9.88. The van der Waals surface area contributed by atoms with Crippen LogP contribution in [-0.2, 0) is 4.74 Å². The van der Waals surface area contributed by atoms with E-state index in [1.165, 1.54) is 25.7 Å². The third-order valence-electron chi connectivity index (χ3n) is 3.61. The zero-order valence-corrected chi connectivity index (χ0v) is 11.5. The van der Waals surface area contributed by atoms with Crippen LogP contribution in [-0.4, -0.2) is 24.8 Å². The second-order valence-electron chi connectivity index (χ2n) is 5.53. The quantitative estimate of drug-likeness (QED) is 0.751. The monoisotopic (exact) mass is 227 g/mol. The maximum atomic E-state index is 6.24. The van der Waals surface area contributed by atoms with Crippen LogP contribution in [0, 0.1) is 5.92 Å². The van der Waals surface area contributed by atoms with Crippen molar-refractivity contribution in [2.75, 3.05) is 6.54 Å². The van der Waals surface area contributed by atoms with Gasteiger partial charge in [-0.25, -0.2) is 0 Å². The molecule has 0 aromatic carbocycles. The number of rotatable bonds is 6. The first-order valence-electron chi connectivity index (χ1n) is 7.02. The molecule has 0 heterocycles. The Balaban J connectivity index is 2.30. The molecule has 0 aromatic heterocycles. The average Bonchev–Trinajstić information content (AvgIpc) is 2.26. The van der Waals surface area contributed by atoms with E-state index >= 15 is 0 Å². The van der Waals surface area contributed by atoms with E-state index in [1.54, 1.807) is 0 Å². The van der Waals surface area contributed by atoms with Gasteiger partial charge in [0.05, 0.1) is 12.2 Å². The Morgan fingerprint density at radius 1 is 1.25 bits per heavy atom. The third-order valence-corrected chi connectivity index (χ3v) is 3.61. The second kappa shape index (κ2) is 7.29. The van der Waals surface area contributed by atoms with Crippen LogP contribution in [0.1, 0.15) is 59.8 Å². The molecule has 1 fully saturated rings. The minimum absolute atomic E-state index is 0.396. The topological polar surface area (TPSA) is 21.3 Å². The number of hydrogen-bond donors (Lipinski definition) is 1. The number of ether oxygens (including phenoxy) is 1. The van der Waals surface area contributed by atoms with Crippen molar-refractivity contribution in [3.63, 3.8) is 0 Å². The van der Waals surface area contributed by atoms with Gasteiger partial charge in [-0.3, -0.25) is 0 Å². The van der Waals surface area contributed by atoms with Gasteiger partial charge in [0.25, 0.3) is 0 Å². The molecule has 0 amide bonds. The van der Waals surface area contributed by atoms with Crippen LogP contribution in [0.3, 0.4) is 0 Å². The molecule has 1 N–H and O–H groups in total. The van der Waals surface area contributed by atoms with Crippen LogP contribution in [0.15, 0.2) is 0 Å². The van der Waals surface area contributed by atoms with Gasteiger partial charge in [0.1, 0.15) is 0 Å². The van der Waals surface area contributed by atoms with Crippen molar-refractivity contribution in [1.82, 2.24) is 5.32 Å². The van der Waals surface area contributed by atoms with E-state index in [2.05, 4.69) is 33.0 Å². The highest BCUT2D eigenvalue weighted by Crippen LogP contribution is 2.27. The van der Waals surface area contributed by atoms with E-state index in [9.17, 15) is 0 Å². The van der Waals surface area contributed by atoms with Crippen molar-refractivity contribution in [3.8, 4) is 0 Å². The standard InChI is InChI=1S/C14H29NO/c1-5-13(10-15-11(2)3)16-14-9-7-6-8-12(14)4/h11-15H,5-10H2,1-4H3. The summed E-state index contributed by atoms with van der Waals surface area (Å²) in [6.45, 7) is 9.94.